The maximum absolute atomic E-state index is 14.3. The van der Waals surface area contributed by atoms with Crippen molar-refractivity contribution < 1.29 is 42.6 Å². The Morgan fingerprint density at radius 1 is 1.04 bits per heavy atom. The minimum Gasteiger partial charge on any atom is -0.481 e. The normalized spacial score (nSPS) is 36.9. The topological polar surface area (TPSA) is 168 Å². The van der Waals surface area contributed by atoms with E-state index in [0.717, 1.165) is 51.4 Å². The number of ketones is 1. The van der Waals surface area contributed by atoms with Crippen LogP contribution < -0.4 is 5.82 Å². The van der Waals surface area contributed by atoms with Crippen LogP contribution in [0.4, 0.5) is 0 Å². The van der Waals surface area contributed by atoms with Crippen molar-refractivity contribution in [3.8, 4) is 0 Å². The second kappa shape index (κ2) is 13.9. The molecule has 0 saturated heterocycles. The lowest BCUT2D eigenvalue weighted by Crippen LogP contribution is -2.61. The van der Waals surface area contributed by atoms with E-state index in [-0.39, 0.29) is 70.6 Å². The van der Waals surface area contributed by atoms with Gasteiger partial charge in [0.1, 0.15) is 0 Å². The SMILES string of the molecule is CCOC(=O)c1cnn(C2CCC3(C)C(CCC4(C)C5CCC6(C)CCC(C(=O)O)CC6C5=CC(=O)C43)C2C)c1.Cc1oc(=O)oc1COC=O. The van der Waals surface area contributed by atoms with Gasteiger partial charge in [-0.25, -0.2) is 9.59 Å². The number of aryl methyl sites for hydroxylation is 1. The van der Waals surface area contributed by atoms with Crippen LogP contribution >= 0.6 is 0 Å². The molecule has 2 heterocycles. The molecule has 0 amide bonds. The van der Waals surface area contributed by atoms with Gasteiger partial charge in [0.15, 0.2) is 23.9 Å². The smallest absolute Gasteiger partial charge is 0.481 e. The summed E-state index contributed by atoms with van der Waals surface area (Å²) < 4.78 is 20.5. The van der Waals surface area contributed by atoms with Gasteiger partial charge in [-0.3, -0.25) is 19.1 Å². The highest BCUT2D eigenvalue weighted by Gasteiger charge is 2.65. The lowest BCUT2D eigenvalue weighted by molar-refractivity contribution is -0.163. The number of esters is 1. The molecule has 0 spiro atoms. The number of allylic oxidation sites excluding steroid dienone is 2. The molecule has 2 aromatic heterocycles. The zero-order valence-corrected chi connectivity index (χ0v) is 30.6. The van der Waals surface area contributed by atoms with E-state index in [2.05, 4.69) is 46.4 Å². The van der Waals surface area contributed by atoms with Crippen molar-refractivity contribution in [2.45, 2.75) is 112 Å². The third kappa shape index (κ3) is 6.41. The maximum Gasteiger partial charge on any atom is 0.519 e. The fraction of sp³-hybridized carbons (Fsp3) is 0.692. The molecule has 0 aliphatic heterocycles. The van der Waals surface area contributed by atoms with E-state index in [1.165, 1.54) is 5.57 Å². The van der Waals surface area contributed by atoms with Crippen molar-refractivity contribution in [3.05, 3.63) is 51.7 Å². The molecule has 0 bridgehead atoms. The maximum atomic E-state index is 14.3. The first-order chi connectivity index (χ1) is 24.2. The summed E-state index contributed by atoms with van der Waals surface area (Å²) >= 11 is 0. The number of aromatic nitrogens is 2. The van der Waals surface area contributed by atoms with Gasteiger partial charge in [-0.05, 0) is 118 Å². The number of carboxylic acid groups (broad SMARTS) is 1. The Labute approximate surface area is 298 Å². The Balaban J connectivity index is 0.000000349. The van der Waals surface area contributed by atoms with Crippen LogP contribution in [-0.4, -0.2) is 45.7 Å². The van der Waals surface area contributed by atoms with E-state index in [1.54, 1.807) is 13.1 Å². The summed E-state index contributed by atoms with van der Waals surface area (Å²) in [5.41, 5.74) is 1.72. The van der Waals surface area contributed by atoms with E-state index in [9.17, 15) is 29.1 Å². The quantitative estimate of drug-likeness (QED) is 0.240. The van der Waals surface area contributed by atoms with E-state index in [1.807, 2.05) is 23.9 Å². The Hall–Kier alpha value is -3.96. The molecule has 10 atom stereocenters. The summed E-state index contributed by atoms with van der Waals surface area (Å²) in [6.45, 7) is 13.3. The van der Waals surface area contributed by atoms with E-state index < -0.39 is 11.8 Å². The Bertz CT molecular complexity index is 1750. The number of aliphatic carboxylic acids is 1. The summed E-state index contributed by atoms with van der Waals surface area (Å²) in [4.78, 5) is 58.6. The van der Waals surface area contributed by atoms with Crippen molar-refractivity contribution in [2.24, 2.45) is 51.8 Å². The zero-order chi connectivity index (χ0) is 36.9. The Morgan fingerprint density at radius 3 is 2.43 bits per heavy atom. The Morgan fingerprint density at radius 2 is 1.76 bits per heavy atom. The minimum atomic E-state index is -0.785. The molecule has 2 aromatic rings. The van der Waals surface area contributed by atoms with Crippen LogP contribution in [0.2, 0.25) is 0 Å². The second-order valence-corrected chi connectivity index (χ2v) is 16.5. The van der Waals surface area contributed by atoms with Gasteiger partial charge in [0.25, 0.3) is 6.47 Å². The van der Waals surface area contributed by atoms with Crippen molar-refractivity contribution >= 4 is 24.2 Å². The van der Waals surface area contributed by atoms with Crippen LogP contribution in [0.3, 0.4) is 0 Å². The van der Waals surface area contributed by atoms with Crippen molar-refractivity contribution in [1.29, 1.82) is 0 Å². The van der Waals surface area contributed by atoms with Crippen LogP contribution in [0.5, 0.6) is 0 Å². The number of hydrogen-bond donors (Lipinski definition) is 1. The van der Waals surface area contributed by atoms with Gasteiger partial charge < -0.3 is 23.4 Å². The molecule has 0 radical (unpaired) electrons. The number of carboxylic acids is 1. The first-order valence-corrected chi connectivity index (χ1v) is 18.5. The highest BCUT2D eigenvalue weighted by Crippen LogP contribution is 2.70. The third-order valence-corrected chi connectivity index (χ3v) is 13.9. The fourth-order valence-corrected chi connectivity index (χ4v) is 11.4. The van der Waals surface area contributed by atoms with Gasteiger partial charge in [-0.15, -0.1) is 0 Å². The number of rotatable bonds is 7. The van der Waals surface area contributed by atoms with Gasteiger partial charge in [0, 0.05) is 12.1 Å². The molecule has 12 nitrogen and oxygen atoms in total. The lowest BCUT2D eigenvalue weighted by Gasteiger charge is -2.65. The number of carbonyl (C=O) groups is 4. The number of hydrogen-bond acceptors (Lipinski definition) is 10. The summed E-state index contributed by atoms with van der Waals surface area (Å²) in [5, 5.41) is 14.4. The van der Waals surface area contributed by atoms with E-state index in [0.29, 0.717) is 42.1 Å². The number of fused-ring (bicyclic) bond motifs is 7. The highest BCUT2D eigenvalue weighted by molar-refractivity contribution is 5.95. The van der Waals surface area contributed by atoms with Gasteiger partial charge in [0.05, 0.1) is 30.3 Å². The van der Waals surface area contributed by atoms with Crippen LogP contribution in [0.15, 0.2) is 37.7 Å². The molecule has 5 aliphatic carbocycles. The molecule has 1 N–H and O–H groups in total. The molecule has 4 fully saturated rings. The van der Waals surface area contributed by atoms with Gasteiger partial charge >= 0.3 is 17.8 Å². The molecule has 7 rings (SSSR count). The Kier molecular flexibility index (Phi) is 10.0. The minimum absolute atomic E-state index is 0.00756. The van der Waals surface area contributed by atoms with Crippen molar-refractivity contribution in [1.82, 2.24) is 9.78 Å². The first kappa shape index (κ1) is 36.8. The van der Waals surface area contributed by atoms with Crippen molar-refractivity contribution in [3.63, 3.8) is 0 Å². The van der Waals surface area contributed by atoms with E-state index >= 15 is 0 Å². The molecule has 12 heteroatoms. The standard InChI is InChI=1S/C33H46N2O5.C6H6O5/c1-6-40-30(39)21-17-34-35(18-21)26-10-14-32(4)23(19(26)2)9-13-33(5)24-8-12-31(3)11-7-20(29(37)38)15-25(31)22(24)16-27(36)28(32)33;1-4-5(2-9-3-7)11-6(8)10-4/h16-20,23-26,28H,6-15H2,1-5H3,(H,37,38);3H,2H2,1H3. The van der Waals surface area contributed by atoms with Gasteiger partial charge in [0.2, 0.25) is 0 Å². The second-order valence-electron chi connectivity index (χ2n) is 16.5. The molecule has 10 unspecified atom stereocenters. The highest BCUT2D eigenvalue weighted by atomic mass is 16.6. The van der Waals surface area contributed by atoms with Gasteiger partial charge in [-0.1, -0.05) is 33.3 Å². The van der Waals surface area contributed by atoms with E-state index in [4.69, 9.17) is 4.74 Å². The lowest BCUT2D eigenvalue weighted by atomic mass is 9.38. The van der Waals surface area contributed by atoms with Crippen LogP contribution in [0.25, 0.3) is 0 Å². The summed E-state index contributed by atoms with van der Waals surface area (Å²) in [7, 11) is 0. The zero-order valence-electron chi connectivity index (χ0n) is 30.6. The monoisotopic (exact) mass is 708 g/mol. The third-order valence-electron chi connectivity index (χ3n) is 13.9. The summed E-state index contributed by atoms with van der Waals surface area (Å²) in [5.74, 6) is 0.0630. The van der Waals surface area contributed by atoms with Crippen LogP contribution in [0, 0.1) is 58.7 Å². The molecule has 5 aliphatic rings. The average molecular weight is 709 g/mol. The molecular weight excluding hydrogens is 656 g/mol. The van der Waals surface area contributed by atoms with Crippen LogP contribution in [0.1, 0.15) is 120 Å². The van der Waals surface area contributed by atoms with Crippen molar-refractivity contribution in [2.75, 3.05) is 6.61 Å². The molecule has 278 valence electrons. The molecule has 4 saturated carbocycles. The number of ether oxygens (including phenoxy) is 2. The fourth-order valence-electron chi connectivity index (χ4n) is 11.4. The van der Waals surface area contributed by atoms with Gasteiger partial charge in [-0.2, -0.15) is 5.10 Å². The molecule has 51 heavy (non-hydrogen) atoms. The number of carbonyl (C=O) groups excluding carboxylic acids is 3. The largest absolute Gasteiger partial charge is 0.519 e. The number of nitrogens with zero attached hydrogens (tertiary/aromatic N) is 2. The first-order valence-electron chi connectivity index (χ1n) is 18.5. The molecular formula is C39H52N2O10. The predicted molar refractivity (Wildman–Crippen MR) is 183 cm³/mol. The average Bonchev–Trinajstić information content (AvgIpc) is 3.69. The summed E-state index contributed by atoms with van der Waals surface area (Å²) in [6.07, 6.45) is 14.1. The molecule has 0 aromatic carbocycles. The predicted octanol–water partition coefficient (Wildman–Crippen LogP) is 6.71. The summed E-state index contributed by atoms with van der Waals surface area (Å²) in [6, 6.07) is 0.195. The van der Waals surface area contributed by atoms with Crippen LogP contribution in [-0.2, 0) is 30.5 Å².